The van der Waals surface area contributed by atoms with Crippen LogP contribution < -0.4 is 0 Å². The summed E-state index contributed by atoms with van der Waals surface area (Å²) >= 11 is 0. The summed E-state index contributed by atoms with van der Waals surface area (Å²) < 4.78 is 11.0. The van der Waals surface area contributed by atoms with Crippen LogP contribution in [0.15, 0.2) is 34.7 Å². The summed E-state index contributed by atoms with van der Waals surface area (Å²) in [6.45, 7) is 2.52. The van der Waals surface area contributed by atoms with Gasteiger partial charge < -0.3 is 19.2 Å². The molecule has 2 aromatic rings. The van der Waals surface area contributed by atoms with Crippen LogP contribution in [0.4, 0.5) is 0 Å². The molecule has 1 aromatic heterocycles. The molecule has 0 spiro atoms. The number of carboxylic acids is 1. The minimum atomic E-state index is -1.02. The van der Waals surface area contributed by atoms with E-state index < -0.39 is 5.97 Å². The maximum Gasteiger partial charge on any atom is 0.323 e. The van der Waals surface area contributed by atoms with E-state index in [1.54, 1.807) is 6.92 Å². The number of aromatic nitrogens is 1. The van der Waals surface area contributed by atoms with Gasteiger partial charge in [-0.3, -0.25) is 9.59 Å². The van der Waals surface area contributed by atoms with Gasteiger partial charge in [-0.25, -0.2) is 4.98 Å². The van der Waals surface area contributed by atoms with E-state index in [0.717, 1.165) is 5.56 Å². The maximum atomic E-state index is 12.8. The second kappa shape index (κ2) is 8.14. The lowest BCUT2D eigenvalue weighted by Gasteiger charge is -2.33. The fraction of sp³-hybridized carbons (Fsp3) is 0.421. The van der Waals surface area contributed by atoms with Crippen LogP contribution >= 0.6 is 0 Å². The zero-order chi connectivity index (χ0) is 18.5. The van der Waals surface area contributed by atoms with E-state index in [0.29, 0.717) is 43.4 Å². The first-order valence-electron chi connectivity index (χ1n) is 8.65. The van der Waals surface area contributed by atoms with Crippen molar-refractivity contribution in [3.8, 4) is 11.5 Å². The standard InChI is InChI=1S/C19H22N2O5/c1-13-16(20-19(26-13)14-5-3-2-4-6-14)11-17(22)21(12-18(23)24)15-7-9-25-10-8-15/h2-6,15H,7-12H2,1H3,(H,23,24). The molecule has 0 bridgehead atoms. The van der Waals surface area contributed by atoms with E-state index in [9.17, 15) is 14.7 Å². The normalized spacial score (nSPS) is 15.0. The quantitative estimate of drug-likeness (QED) is 0.852. The lowest BCUT2D eigenvalue weighted by Crippen LogP contribution is -2.46. The van der Waals surface area contributed by atoms with E-state index >= 15 is 0 Å². The van der Waals surface area contributed by atoms with Crippen LogP contribution in [0.1, 0.15) is 24.3 Å². The summed E-state index contributed by atoms with van der Waals surface area (Å²) in [5, 5.41) is 9.18. The number of aliphatic carboxylic acids is 1. The molecule has 1 aromatic carbocycles. The Hall–Kier alpha value is -2.67. The molecule has 26 heavy (non-hydrogen) atoms. The van der Waals surface area contributed by atoms with Gasteiger partial charge in [-0.2, -0.15) is 0 Å². The Morgan fingerprint density at radius 3 is 2.58 bits per heavy atom. The smallest absolute Gasteiger partial charge is 0.323 e. The van der Waals surface area contributed by atoms with Gasteiger partial charge >= 0.3 is 5.97 Å². The number of carboxylic acid groups (broad SMARTS) is 1. The van der Waals surface area contributed by atoms with Crippen LogP contribution in [-0.4, -0.2) is 52.7 Å². The molecule has 1 aliphatic heterocycles. The predicted octanol–water partition coefficient (Wildman–Crippen LogP) is 2.28. The first-order chi connectivity index (χ1) is 12.5. The number of oxazole rings is 1. The predicted molar refractivity (Wildman–Crippen MR) is 93.6 cm³/mol. The fourth-order valence-corrected chi connectivity index (χ4v) is 3.10. The molecule has 0 unspecified atom stereocenters. The van der Waals surface area contributed by atoms with E-state index in [-0.39, 0.29) is 24.9 Å². The van der Waals surface area contributed by atoms with Crippen LogP contribution in [0, 0.1) is 6.92 Å². The van der Waals surface area contributed by atoms with Crippen molar-refractivity contribution in [2.24, 2.45) is 0 Å². The fourth-order valence-electron chi connectivity index (χ4n) is 3.10. The van der Waals surface area contributed by atoms with Crippen LogP contribution in [0.5, 0.6) is 0 Å². The number of benzene rings is 1. The highest BCUT2D eigenvalue weighted by Crippen LogP contribution is 2.23. The highest BCUT2D eigenvalue weighted by atomic mass is 16.5. The van der Waals surface area contributed by atoms with Crippen LogP contribution in [0.3, 0.4) is 0 Å². The lowest BCUT2D eigenvalue weighted by molar-refractivity contribution is -0.147. The van der Waals surface area contributed by atoms with Gasteiger partial charge in [-0.1, -0.05) is 18.2 Å². The van der Waals surface area contributed by atoms with Crippen LogP contribution in [0.2, 0.25) is 0 Å². The van der Waals surface area contributed by atoms with Crippen LogP contribution in [0.25, 0.3) is 11.5 Å². The van der Waals surface area contributed by atoms with Gasteiger partial charge in [-0.05, 0) is 31.9 Å². The lowest BCUT2D eigenvalue weighted by atomic mass is 10.1. The Bertz CT molecular complexity index is 765. The number of nitrogens with zero attached hydrogens (tertiary/aromatic N) is 2. The number of amides is 1. The van der Waals surface area contributed by atoms with E-state index in [4.69, 9.17) is 9.15 Å². The Kier molecular flexibility index (Phi) is 5.68. The summed E-state index contributed by atoms with van der Waals surface area (Å²) in [5.74, 6) is -0.247. The highest BCUT2D eigenvalue weighted by molar-refractivity contribution is 5.83. The molecule has 1 N–H and O–H groups in total. The number of hydrogen-bond acceptors (Lipinski definition) is 5. The van der Waals surface area contributed by atoms with E-state index in [2.05, 4.69) is 4.98 Å². The zero-order valence-corrected chi connectivity index (χ0v) is 14.7. The van der Waals surface area contributed by atoms with Crippen LogP contribution in [-0.2, 0) is 20.7 Å². The molecular formula is C19H22N2O5. The molecular weight excluding hydrogens is 336 g/mol. The number of aryl methyl sites for hydroxylation is 1. The van der Waals surface area contributed by atoms with Gasteiger partial charge in [0.15, 0.2) is 0 Å². The molecule has 7 heteroatoms. The minimum absolute atomic E-state index is 0.0206. The van der Waals surface area contributed by atoms with Crippen molar-refractivity contribution in [2.75, 3.05) is 19.8 Å². The molecule has 3 rings (SSSR count). The first kappa shape index (κ1) is 18.1. The van der Waals surface area contributed by atoms with Gasteiger partial charge in [0, 0.05) is 24.8 Å². The Balaban J connectivity index is 1.76. The first-order valence-corrected chi connectivity index (χ1v) is 8.65. The van der Waals surface area contributed by atoms with Crippen molar-refractivity contribution in [3.63, 3.8) is 0 Å². The third-order valence-electron chi connectivity index (χ3n) is 4.49. The maximum absolute atomic E-state index is 12.8. The average molecular weight is 358 g/mol. The van der Waals surface area contributed by atoms with Crippen molar-refractivity contribution >= 4 is 11.9 Å². The van der Waals surface area contributed by atoms with Gasteiger partial charge in [0.05, 0.1) is 12.1 Å². The zero-order valence-electron chi connectivity index (χ0n) is 14.7. The van der Waals surface area contributed by atoms with Crippen molar-refractivity contribution in [1.82, 2.24) is 9.88 Å². The number of rotatable bonds is 6. The van der Waals surface area contributed by atoms with Gasteiger partial charge in [0.25, 0.3) is 0 Å². The second-order valence-corrected chi connectivity index (χ2v) is 6.32. The summed E-state index contributed by atoms with van der Waals surface area (Å²) in [6, 6.07) is 9.33. The summed E-state index contributed by atoms with van der Waals surface area (Å²) in [7, 11) is 0. The second-order valence-electron chi connectivity index (χ2n) is 6.32. The summed E-state index contributed by atoms with van der Waals surface area (Å²) in [6.07, 6.45) is 1.31. The summed E-state index contributed by atoms with van der Waals surface area (Å²) in [5.41, 5.74) is 1.37. The van der Waals surface area contributed by atoms with Crippen molar-refractivity contribution in [1.29, 1.82) is 0 Å². The molecule has 1 aliphatic rings. The Morgan fingerprint density at radius 2 is 1.92 bits per heavy atom. The van der Waals surface area contributed by atoms with Gasteiger partial charge in [0.1, 0.15) is 12.3 Å². The molecule has 0 radical (unpaired) electrons. The Labute approximate surface area is 151 Å². The number of ether oxygens (including phenoxy) is 1. The molecule has 1 saturated heterocycles. The topological polar surface area (TPSA) is 92.9 Å². The molecule has 7 nitrogen and oxygen atoms in total. The van der Waals surface area contributed by atoms with E-state index in [1.165, 1.54) is 4.90 Å². The molecule has 1 amide bonds. The molecule has 2 heterocycles. The van der Waals surface area contributed by atoms with E-state index in [1.807, 2.05) is 30.3 Å². The Morgan fingerprint density at radius 1 is 1.23 bits per heavy atom. The van der Waals surface area contributed by atoms with Gasteiger partial charge in [-0.15, -0.1) is 0 Å². The number of carbonyl (C=O) groups is 2. The average Bonchev–Trinajstić information content (AvgIpc) is 3.01. The van der Waals surface area contributed by atoms with Gasteiger partial charge in [0.2, 0.25) is 11.8 Å². The molecule has 0 atom stereocenters. The summed E-state index contributed by atoms with van der Waals surface area (Å²) in [4.78, 5) is 29.9. The number of hydrogen-bond donors (Lipinski definition) is 1. The van der Waals surface area contributed by atoms with Crippen molar-refractivity contribution in [2.45, 2.75) is 32.2 Å². The van der Waals surface area contributed by atoms with Crippen molar-refractivity contribution < 1.29 is 23.8 Å². The highest BCUT2D eigenvalue weighted by Gasteiger charge is 2.28. The molecule has 0 aliphatic carbocycles. The third kappa shape index (κ3) is 4.29. The SMILES string of the molecule is Cc1oc(-c2ccccc2)nc1CC(=O)N(CC(=O)O)C1CCOCC1. The molecule has 138 valence electrons. The van der Waals surface area contributed by atoms with Crippen molar-refractivity contribution in [3.05, 3.63) is 41.8 Å². The molecule has 0 saturated carbocycles. The number of carbonyl (C=O) groups excluding carboxylic acids is 1. The minimum Gasteiger partial charge on any atom is -0.480 e. The monoisotopic (exact) mass is 358 g/mol. The third-order valence-corrected chi connectivity index (χ3v) is 4.49. The largest absolute Gasteiger partial charge is 0.480 e. The molecule has 1 fully saturated rings.